The third-order valence-electron chi connectivity index (χ3n) is 3.67. The molecule has 8 heteroatoms. The van der Waals surface area contributed by atoms with Crippen LogP contribution in [-0.4, -0.2) is 48.8 Å². The fourth-order valence-corrected chi connectivity index (χ4v) is 3.26. The van der Waals surface area contributed by atoms with Crippen LogP contribution in [0, 0.1) is 0 Å². The van der Waals surface area contributed by atoms with E-state index < -0.39 is 10.0 Å². The zero-order chi connectivity index (χ0) is 17.2. The number of carbonyl (C=O) groups is 1. The quantitative estimate of drug-likeness (QED) is 0.848. The Labute approximate surface area is 136 Å². The van der Waals surface area contributed by atoms with Crippen LogP contribution in [0.2, 0.25) is 0 Å². The molecule has 0 radical (unpaired) electrons. The van der Waals surface area contributed by atoms with Gasteiger partial charge in [0, 0.05) is 40.5 Å². The van der Waals surface area contributed by atoms with Gasteiger partial charge in [-0.05, 0) is 25.1 Å². The normalized spacial score (nSPS) is 12.0. The van der Waals surface area contributed by atoms with Crippen LogP contribution in [0.25, 0.3) is 11.0 Å². The Morgan fingerprint density at radius 2 is 2.04 bits per heavy atom. The van der Waals surface area contributed by atoms with Gasteiger partial charge in [-0.3, -0.25) is 4.79 Å². The highest BCUT2D eigenvalue weighted by Gasteiger charge is 2.19. The minimum atomic E-state index is -3.49. The van der Waals surface area contributed by atoms with Gasteiger partial charge in [0.2, 0.25) is 15.9 Å². The van der Waals surface area contributed by atoms with E-state index in [9.17, 15) is 13.2 Å². The number of sulfonamides is 1. The molecule has 0 fully saturated rings. The average molecular weight is 338 g/mol. The summed E-state index contributed by atoms with van der Waals surface area (Å²) in [5, 5.41) is 2.75. The second-order valence-electron chi connectivity index (χ2n) is 5.48. The lowest BCUT2D eigenvalue weighted by molar-refractivity contribution is -0.120. The van der Waals surface area contributed by atoms with E-state index in [1.54, 1.807) is 18.2 Å². The van der Waals surface area contributed by atoms with Gasteiger partial charge in [0.05, 0.1) is 15.9 Å². The maximum atomic E-state index is 12.2. The first kappa shape index (κ1) is 17.4. The van der Waals surface area contributed by atoms with Crippen molar-refractivity contribution < 1.29 is 13.2 Å². The first-order valence-electron chi connectivity index (χ1n) is 7.42. The van der Waals surface area contributed by atoms with Gasteiger partial charge in [-0.2, -0.15) is 0 Å². The molecule has 0 unspecified atom stereocenters. The van der Waals surface area contributed by atoms with Crippen molar-refractivity contribution in [2.24, 2.45) is 7.05 Å². The molecule has 0 spiro atoms. The van der Waals surface area contributed by atoms with Crippen molar-refractivity contribution >= 4 is 27.0 Å². The first-order valence-corrected chi connectivity index (χ1v) is 8.86. The molecule has 0 saturated carbocycles. The highest BCUT2D eigenvalue weighted by atomic mass is 32.2. The molecule has 0 aliphatic rings. The number of aryl methyl sites for hydroxylation is 2. The highest BCUT2D eigenvalue weighted by molar-refractivity contribution is 7.89. The SMILES string of the molecule is CCNC(=O)CCc1nc2cc(S(=O)(=O)N(C)C)ccc2n1C. The van der Waals surface area contributed by atoms with E-state index in [4.69, 9.17) is 0 Å². The lowest BCUT2D eigenvalue weighted by Crippen LogP contribution is -2.23. The molecule has 0 saturated heterocycles. The maximum Gasteiger partial charge on any atom is 0.242 e. The molecular formula is C15H22N4O3S. The molecule has 1 amide bonds. The van der Waals surface area contributed by atoms with E-state index in [1.807, 2.05) is 18.5 Å². The van der Waals surface area contributed by atoms with E-state index in [0.29, 0.717) is 24.9 Å². The van der Waals surface area contributed by atoms with Crippen molar-refractivity contribution in [3.8, 4) is 0 Å². The standard InChI is InChI=1S/C15H22N4O3S/c1-5-16-15(20)9-8-14-17-12-10-11(23(21,22)18(2)3)6-7-13(12)19(14)4/h6-7,10H,5,8-9H2,1-4H3,(H,16,20). The molecule has 1 N–H and O–H groups in total. The number of hydrogen-bond acceptors (Lipinski definition) is 4. The molecule has 0 bridgehead atoms. The third kappa shape index (κ3) is 3.53. The Balaban J connectivity index is 2.33. The molecular weight excluding hydrogens is 316 g/mol. The lowest BCUT2D eigenvalue weighted by Gasteiger charge is -2.10. The number of hydrogen-bond donors (Lipinski definition) is 1. The largest absolute Gasteiger partial charge is 0.356 e. The summed E-state index contributed by atoms with van der Waals surface area (Å²) in [6, 6.07) is 4.89. The van der Waals surface area contributed by atoms with Crippen LogP contribution in [0.1, 0.15) is 19.2 Å². The fraction of sp³-hybridized carbons (Fsp3) is 0.467. The van der Waals surface area contributed by atoms with E-state index >= 15 is 0 Å². The number of aromatic nitrogens is 2. The molecule has 126 valence electrons. The Kier molecular flexibility index (Phi) is 5.06. The number of benzene rings is 1. The summed E-state index contributed by atoms with van der Waals surface area (Å²) >= 11 is 0. The summed E-state index contributed by atoms with van der Waals surface area (Å²) < 4.78 is 27.4. The summed E-state index contributed by atoms with van der Waals surface area (Å²) in [5.74, 6) is 0.737. The van der Waals surface area contributed by atoms with Crippen LogP contribution in [0.3, 0.4) is 0 Å². The predicted molar refractivity (Wildman–Crippen MR) is 88.6 cm³/mol. The van der Waals surface area contributed by atoms with Gasteiger partial charge >= 0.3 is 0 Å². The second-order valence-corrected chi connectivity index (χ2v) is 7.63. The number of nitrogens with one attached hydrogen (secondary N) is 1. The van der Waals surface area contributed by atoms with Crippen molar-refractivity contribution in [1.29, 1.82) is 0 Å². The molecule has 7 nitrogen and oxygen atoms in total. The first-order chi connectivity index (χ1) is 10.8. The number of imidazole rings is 1. The summed E-state index contributed by atoms with van der Waals surface area (Å²) in [5.41, 5.74) is 1.45. The maximum absolute atomic E-state index is 12.2. The number of nitrogens with zero attached hydrogens (tertiary/aromatic N) is 3. The molecule has 0 aliphatic heterocycles. The average Bonchev–Trinajstić information content (AvgIpc) is 2.81. The summed E-state index contributed by atoms with van der Waals surface area (Å²) in [6.45, 7) is 2.48. The van der Waals surface area contributed by atoms with Crippen molar-refractivity contribution in [3.05, 3.63) is 24.0 Å². The minimum Gasteiger partial charge on any atom is -0.356 e. The summed E-state index contributed by atoms with van der Waals surface area (Å²) in [6.07, 6.45) is 0.862. The molecule has 1 aromatic heterocycles. The highest BCUT2D eigenvalue weighted by Crippen LogP contribution is 2.21. The van der Waals surface area contributed by atoms with Crippen molar-refractivity contribution in [1.82, 2.24) is 19.2 Å². The van der Waals surface area contributed by atoms with Gasteiger partial charge in [-0.15, -0.1) is 0 Å². The van der Waals surface area contributed by atoms with Crippen LogP contribution < -0.4 is 5.32 Å². The summed E-state index contributed by atoms with van der Waals surface area (Å²) in [4.78, 5) is 16.3. The van der Waals surface area contributed by atoms with Crippen molar-refractivity contribution in [2.45, 2.75) is 24.7 Å². The van der Waals surface area contributed by atoms with Crippen molar-refractivity contribution in [2.75, 3.05) is 20.6 Å². The molecule has 0 aliphatic carbocycles. The van der Waals surface area contributed by atoms with Gasteiger partial charge in [0.25, 0.3) is 0 Å². The number of fused-ring (bicyclic) bond motifs is 1. The monoisotopic (exact) mass is 338 g/mol. The van der Waals surface area contributed by atoms with Crippen LogP contribution in [0.5, 0.6) is 0 Å². The van der Waals surface area contributed by atoms with Gasteiger partial charge in [-0.1, -0.05) is 0 Å². The number of rotatable bonds is 6. The van der Waals surface area contributed by atoms with Crippen LogP contribution in [-0.2, 0) is 28.3 Å². The zero-order valence-corrected chi connectivity index (χ0v) is 14.6. The Bertz CT molecular complexity index is 825. The Morgan fingerprint density at radius 1 is 1.35 bits per heavy atom. The molecule has 2 aromatic rings. The molecule has 0 atom stereocenters. The van der Waals surface area contributed by atoms with E-state index in [0.717, 1.165) is 11.3 Å². The molecule has 2 rings (SSSR count). The molecule has 23 heavy (non-hydrogen) atoms. The van der Waals surface area contributed by atoms with E-state index in [-0.39, 0.29) is 10.8 Å². The molecule has 1 aromatic carbocycles. The van der Waals surface area contributed by atoms with Crippen LogP contribution in [0.15, 0.2) is 23.1 Å². The second kappa shape index (κ2) is 6.67. The summed E-state index contributed by atoms with van der Waals surface area (Å²) in [7, 11) is 1.37. The van der Waals surface area contributed by atoms with Gasteiger partial charge < -0.3 is 9.88 Å². The van der Waals surface area contributed by atoms with Gasteiger partial charge in [0.15, 0.2) is 0 Å². The zero-order valence-electron chi connectivity index (χ0n) is 13.8. The molecule has 1 heterocycles. The van der Waals surface area contributed by atoms with Crippen molar-refractivity contribution in [3.63, 3.8) is 0 Å². The lowest BCUT2D eigenvalue weighted by atomic mass is 10.3. The number of carbonyl (C=O) groups excluding carboxylic acids is 1. The Morgan fingerprint density at radius 3 is 2.65 bits per heavy atom. The predicted octanol–water partition coefficient (Wildman–Crippen LogP) is 0.892. The topological polar surface area (TPSA) is 84.3 Å². The number of amides is 1. The van der Waals surface area contributed by atoms with E-state index in [2.05, 4.69) is 10.3 Å². The van der Waals surface area contributed by atoms with Crippen LogP contribution in [0.4, 0.5) is 0 Å². The minimum absolute atomic E-state index is 0.0181. The third-order valence-corrected chi connectivity index (χ3v) is 5.48. The van der Waals surface area contributed by atoms with Crippen LogP contribution >= 0.6 is 0 Å². The van der Waals surface area contributed by atoms with Gasteiger partial charge in [0.1, 0.15) is 5.82 Å². The van der Waals surface area contributed by atoms with Gasteiger partial charge in [-0.25, -0.2) is 17.7 Å². The smallest absolute Gasteiger partial charge is 0.242 e. The van der Waals surface area contributed by atoms with E-state index in [1.165, 1.54) is 18.4 Å². The Hall–Kier alpha value is -1.93. The fourth-order valence-electron chi connectivity index (χ4n) is 2.34.